The highest BCUT2D eigenvalue weighted by molar-refractivity contribution is 5.73. The van der Waals surface area contributed by atoms with Crippen molar-refractivity contribution in [2.24, 2.45) is 0 Å². The van der Waals surface area contributed by atoms with E-state index in [4.69, 9.17) is 34.0 Å². The highest BCUT2D eigenvalue weighted by Gasteiger charge is 2.43. The molecule has 0 radical (unpaired) electrons. The minimum Gasteiger partial charge on any atom is -0.475 e. The number of rotatable bonds is 5. The lowest BCUT2D eigenvalue weighted by Crippen LogP contribution is -2.46. The summed E-state index contributed by atoms with van der Waals surface area (Å²) in [5, 5.41) is 14.2. The molecule has 4 rings (SSSR count). The Morgan fingerprint density at radius 1 is 0.902 bits per heavy atom. The summed E-state index contributed by atoms with van der Waals surface area (Å²) in [6.45, 7) is 11.5. The predicted octanol–water partition coefficient (Wildman–Crippen LogP) is 3.60. The number of carbonyl (C=O) groups is 2. The first kappa shape index (κ1) is 34.7. The van der Waals surface area contributed by atoms with Gasteiger partial charge in [0.25, 0.3) is 0 Å². The number of alkyl halides is 6. The molecule has 2 N–H and O–H groups in total. The Kier molecular flexibility index (Phi) is 13.3. The predicted molar refractivity (Wildman–Crippen MR) is 133 cm³/mol. The fourth-order valence-electron chi connectivity index (χ4n) is 4.73. The zero-order chi connectivity index (χ0) is 30.7. The Morgan fingerprint density at radius 2 is 1.41 bits per heavy atom. The van der Waals surface area contributed by atoms with Gasteiger partial charge in [0, 0.05) is 39.3 Å². The summed E-state index contributed by atoms with van der Waals surface area (Å²) < 4.78 is 81.6. The number of morpholine rings is 1. The Bertz CT molecular complexity index is 948. The average molecular weight is 603 g/mol. The van der Waals surface area contributed by atoms with Gasteiger partial charge in [-0.25, -0.2) is 9.59 Å². The van der Waals surface area contributed by atoms with E-state index >= 15 is 0 Å². The van der Waals surface area contributed by atoms with Crippen molar-refractivity contribution in [1.29, 1.82) is 0 Å². The molecule has 0 bridgehead atoms. The second kappa shape index (κ2) is 15.7. The summed E-state index contributed by atoms with van der Waals surface area (Å²) in [5.41, 5.74) is 2.77. The van der Waals surface area contributed by atoms with Gasteiger partial charge in [0.1, 0.15) is 5.60 Å². The lowest BCUT2D eigenvalue weighted by Gasteiger charge is -2.34. The maximum atomic E-state index is 10.6. The van der Waals surface area contributed by atoms with Gasteiger partial charge in [-0.2, -0.15) is 26.3 Å². The van der Waals surface area contributed by atoms with Crippen molar-refractivity contribution in [2.45, 2.75) is 56.8 Å². The smallest absolute Gasteiger partial charge is 0.475 e. The normalized spacial score (nSPS) is 24.0. The maximum absolute atomic E-state index is 10.6. The molecular weight excluding hydrogens is 566 g/mol. The number of carboxylic acids is 2. The summed E-state index contributed by atoms with van der Waals surface area (Å²) in [6.07, 6.45) is -6.51. The first-order chi connectivity index (χ1) is 19.1. The molecule has 3 aliphatic rings. The number of aliphatic carboxylic acids is 2. The number of benzene rings is 1. The maximum Gasteiger partial charge on any atom is 0.490 e. The number of aryl methyl sites for hydroxylation is 1. The van der Waals surface area contributed by atoms with Crippen molar-refractivity contribution in [3.05, 3.63) is 35.4 Å². The molecule has 3 heterocycles. The third-order valence-corrected chi connectivity index (χ3v) is 6.71. The van der Waals surface area contributed by atoms with Crippen LogP contribution in [0.15, 0.2) is 24.3 Å². The molecular formula is C26H36F6N2O7. The van der Waals surface area contributed by atoms with E-state index in [0.29, 0.717) is 6.10 Å². The molecule has 3 aliphatic heterocycles. The van der Waals surface area contributed by atoms with Crippen molar-refractivity contribution in [2.75, 3.05) is 59.2 Å². The van der Waals surface area contributed by atoms with Crippen LogP contribution < -0.4 is 0 Å². The van der Waals surface area contributed by atoms with Crippen LogP contribution in [-0.2, 0) is 36.8 Å². The van der Waals surface area contributed by atoms with Crippen LogP contribution in [-0.4, -0.2) is 115 Å². The number of hydrogen-bond acceptors (Lipinski definition) is 7. The monoisotopic (exact) mass is 602 g/mol. The molecule has 41 heavy (non-hydrogen) atoms. The molecule has 15 heteroatoms. The van der Waals surface area contributed by atoms with Crippen molar-refractivity contribution < 1.29 is 60.4 Å². The SMILES string of the molecule is CCc1ccccc1CN1CCOC[C@@]2(CC[C@H](CN3CCOCC3)O2)C1.O=C(O)C(F)(F)F.O=C(O)C(F)(F)F. The first-order valence-corrected chi connectivity index (χ1v) is 13.1. The molecule has 0 amide bonds. The van der Waals surface area contributed by atoms with Gasteiger partial charge in [-0.05, 0) is 30.4 Å². The highest BCUT2D eigenvalue weighted by atomic mass is 19.4. The fraction of sp³-hybridized carbons (Fsp3) is 0.692. The molecule has 0 aliphatic carbocycles. The first-order valence-electron chi connectivity index (χ1n) is 13.1. The van der Waals surface area contributed by atoms with Gasteiger partial charge in [-0.1, -0.05) is 31.2 Å². The molecule has 234 valence electrons. The molecule has 2 atom stereocenters. The minimum absolute atomic E-state index is 0.130. The number of nitrogens with zero attached hydrogens (tertiary/aromatic N) is 2. The zero-order valence-corrected chi connectivity index (χ0v) is 22.7. The molecule has 1 aromatic carbocycles. The van der Waals surface area contributed by atoms with Crippen molar-refractivity contribution in [3.8, 4) is 0 Å². The van der Waals surface area contributed by atoms with E-state index in [9.17, 15) is 26.3 Å². The standard InChI is InChI=1S/C22H34N2O3.2C2HF3O2/c1-2-19-5-3-4-6-20(19)15-24-11-14-26-18-22(17-24)8-7-21(27-22)16-23-9-12-25-13-10-23;2*3-2(4,5)1(6)7/h3-6,21H,2,7-18H2,1H3;2*(H,6,7)/t21-,22-;;/m1../s1. The van der Waals surface area contributed by atoms with Crippen LogP contribution in [0.25, 0.3) is 0 Å². The van der Waals surface area contributed by atoms with Gasteiger partial charge >= 0.3 is 24.3 Å². The molecule has 9 nitrogen and oxygen atoms in total. The summed E-state index contributed by atoms with van der Waals surface area (Å²) in [5.74, 6) is -5.51. The molecule has 0 saturated carbocycles. The Hall–Kier alpha value is -2.46. The number of hydrogen-bond donors (Lipinski definition) is 2. The van der Waals surface area contributed by atoms with Crippen molar-refractivity contribution >= 4 is 11.9 Å². The Labute approximate surface area is 233 Å². The van der Waals surface area contributed by atoms with E-state index in [1.165, 1.54) is 11.1 Å². The molecule has 3 fully saturated rings. The molecule has 3 saturated heterocycles. The molecule has 0 unspecified atom stereocenters. The van der Waals surface area contributed by atoms with E-state index in [1.807, 2.05) is 0 Å². The van der Waals surface area contributed by atoms with Gasteiger partial charge in [-0.3, -0.25) is 9.80 Å². The third-order valence-electron chi connectivity index (χ3n) is 6.71. The second-order valence-electron chi connectivity index (χ2n) is 9.87. The summed E-state index contributed by atoms with van der Waals surface area (Å²) in [4.78, 5) is 22.8. The third kappa shape index (κ3) is 12.1. The average Bonchev–Trinajstić information content (AvgIpc) is 3.17. The van der Waals surface area contributed by atoms with Gasteiger partial charge < -0.3 is 24.4 Å². The zero-order valence-electron chi connectivity index (χ0n) is 22.7. The van der Waals surface area contributed by atoms with Crippen LogP contribution in [0, 0.1) is 0 Å². The summed E-state index contributed by atoms with van der Waals surface area (Å²) in [6, 6.07) is 8.83. The van der Waals surface area contributed by atoms with Crippen LogP contribution >= 0.6 is 0 Å². The van der Waals surface area contributed by atoms with Crippen molar-refractivity contribution in [1.82, 2.24) is 9.80 Å². The van der Waals surface area contributed by atoms with E-state index in [0.717, 1.165) is 85.0 Å². The highest BCUT2D eigenvalue weighted by Crippen LogP contribution is 2.34. The van der Waals surface area contributed by atoms with Crippen LogP contribution in [0.3, 0.4) is 0 Å². The Balaban J connectivity index is 0.000000349. The second-order valence-corrected chi connectivity index (χ2v) is 9.87. The Morgan fingerprint density at radius 3 is 1.95 bits per heavy atom. The van der Waals surface area contributed by atoms with Crippen LogP contribution in [0.1, 0.15) is 30.9 Å². The lowest BCUT2D eigenvalue weighted by atomic mass is 9.99. The van der Waals surface area contributed by atoms with E-state index < -0.39 is 24.3 Å². The minimum atomic E-state index is -5.08. The number of halogens is 6. The van der Waals surface area contributed by atoms with Gasteiger partial charge in [0.05, 0.1) is 32.5 Å². The van der Waals surface area contributed by atoms with Crippen LogP contribution in [0.2, 0.25) is 0 Å². The summed E-state index contributed by atoms with van der Waals surface area (Å²) in [7, 11) is 0. The lowest BCUT2D eigenvalue weighted by molar-refractivity contribution is -0.193. The molecule has 1 aromatic rings. The van der Waals surface area contributed by atoms with Crippen molar-refractivity contribution in [3.63, 3.8) is 0 Å². The number of ether oxygens (including phenoxy) is 3. The molecule has 0 aromatic heterocycles. The quantitative estimate of drug-likeness (QED) is 0.489. The fourth-order valence-corrected chi connectivity index (χ4v) is 4.73. The van der Waals surface area contributed by atoms with E-state index in [2.05, 4.69) is 41.0 Å². The largest absolute Gasteiger partial charge is 0.490 e. The summed E-state index contributed by atoms with van der Waals surface area (Å²) >= 11 is 0. The van der Waals surface area contributed by atoms with Gasteiger partial charge in [0.15, 0.2) is 0 Å². The van der Waals surface area contributed by atoms with Crippen LogP contribution in [0.5, 0.6) is 0 Å². The topological polar surface area (TPSA) is 109 Å². The van der Waals surface area contributed by atoms with E-state index in [1.54, 1.807) is 0 Å². The van der Waals surface area contributed by atoms with Gasteiger partial charge in [0.2, 0.25) is 0 Å². The van der Waals surface area contributed by atoms with E-state index in [-0.39, 0.29) is 5.60 Å². The molecule has 1 spiro atoms. The number of carboxylic acid groups (broad SMARTS) is 2. The van der Waals surface area contributed by atoms with Crippen LogP contribution in [0.4, 0.5) is 26.3 Å². The van der Waals surface area contributed by atoms with Gasteiger partial charge in [-0.15, -0.1) is 0 Å².